The van der Waals surface area contributed by atoms with Crippen LogP contribution in [0.5, 0.6) is 0 Å². The molecule has 0 amide bonds. The Morgan fingerprint density at radius 1 is 1.25 bits per heavy atom. The van der Waals surface area contributed by atoms with Crippen LogP contribution in [0.3, 0.4) is 0 Å². The number of hydrogen-bond acceptors (Lipinski definition) is 1. The number of aryl methyl sites for hydroxylation is 1. The smallest absolute Gasteiger partial charge is 0.0483 e. The first kappa shape index (κ1) is 12.1. The van der Waals surface area contributed by atoms with Gasteiger partial charge in [0, 0.05) is 33.4 Å². The van der Waals surface area contributed by atoms with Gasteiger partial charge in [-0.15, -0.1) is 0 Å². The molecule has 0 atom stereocenters. The molecule has 1 aromatic heterocycles. The van der Waals surface area contributed by atoms with Gasteiger partial charge in [0.2, 0.25) is 0 Å². The summed E-state index contributed by atoms with van der Waals surface area (Å²) in [7, 11) is 0. The molecule has 0 bridgehead atoms. The van der Waals surface area contributed by atoms with Gasteiger partial charge in [-0.2, -0.15) is 11.8 Å². The quantitative estimate of drug-likeness (QED) is 0.793. The molecule has 86 valence electrons. The molecule has 0 aliphatic carbocycles. The van der Waals surface area contributed by atoms with Crippen molar-refractivity contribution in [3.8, 4) is 0 Å². The minimum absolute atomic E-state index is 1.05. The van der Waals surface area contributed by atoms with E-state index in [4.69, 9.17) is 0 Å². The van der Waals surface area contributed by atoms with E-state index in [0.29, 0.717) is 0 Å². The summed E-state index contributed by atoms with van der Waals surface area (Å²) in [5.41, 5.74) is 2.78. The third-order valence-corrected chi connectivity index (χ3v) is 4.12. The molecule has 0 N–H and O–H groups in total. The van der Waals surface area contributed by atoms with Crippen molar-refractivity contribution in [2.24, 2.45) is 0 Å². The molecule has 0 saturated carbocycles. The largest absolute Gasteiger partial charge is 0.344 e. The zero-order valence-electron chi connectivity index (χ0n) is 9.66. The summed E-state index contributed by atoms with van der Waals surface area (Å²) in [6.45, 7) is 5.46. The molecular weight excluding hydrogens is 282 g/mol. The molecule has 0 aliphatic heterocycles. The van der Waals surface area contributed by atoms with Crippen molar-refractivity contribution in [2.45, 2.75) is 26.1 Å². The van der Waals surface area contributed by atoms with Crippen molar-refractivity contribution < 1.29 is 0 Å². The van der Waals surface area contributed by atoms with Crippen LogP contribution in [-0.4, -0.2) is 10.3 Å². The molecule has 0 fully saturated rings. The van der Waals surface area contributed by atoms with Crippen LogP contribution in [0, 0.1) is 0 Å². The molecule has 2 rings (SSSR count). The van der Waals surface area contributed by atoms with Gasteiger partial charge < -0.3 is 4.57 Å². The number of benzene rings is 1. The van der Waals surface area contributed by atoms with Gasteiger partial charge in [-0.25, -0.2) is 0 Å². The molecule has 1 aromatic carbocycles. The number of fused-ring (bicyclic) bond motifs is 1. The lowest BCUT2D eigenvalue weighted by Crippen LogP contribution is -1.98. The van der Waals surface area contributed by atoms with E-state index in [-0.39, 0.29) is 0 Å². The first-order valence-corrected chi connectivity index (χ1v) is 7.56. The SMILES string of the molecule is CCSCc1cc2cc(Br)ccc2n1CC. The Morgan fingerprint density at radius 3 is 2.75 bits per heavy atom. The first-order chi connectivity index (χ1) is 7.76. The third kappa shape index (κ3) is 2.30. The normalized spacial score (nSPS) is 11.2. The molecule has 3 heteroatoms. The third-order valence-electron chi connectivity index (χ3n) is 2.72. The highest BCUT2D eigenvalue weighted by atomic mass is 79.9. The van der Waals surface area contributed by atoms with Crippen LogP contribution in [0.15, 0.2) is 28.7 Å². The Hall–Kier alpha value is -0.410. The van der Waals surface area contributed by atoms with Gasteiger partial charge in [-0.3, -0.25) is 0 Å². The summed E-state index contributed by atoms with van der Waals surface area (Å²) in [6.07, 6.45) is 0. The van der Waals surface area contributed by atoms with Crippen LogP contribution in [-0.2, 0) is 12.3 Å². The molecular formula is C13H16BrNS. The van der Waals surface area contributed by atoms with Gasteiger partial charge in [0.1, 0.15) is 0 Å². The lowest BCUT2D eigenvalue weighted by atomic mass is 10.2. The van der Waals surface area contributed by atoms with E-state index in [2.05, 4.69) is 58.6 Å². The summed E-state index contributed by atoms with van der Waals surface area (Å²) in [5.74, 6) is 2.28. The highest BCUT2D eigenvalue weighted by Crippen LogP contribution is 2.26. The highest BCUT2D eigenvalue weighted by Gasteiger charge is 2.07. The standard InChI is InChI=1S/C13H16BrNS/c1-3-15-12(9-16-4-2)8-10-7-11(14)5-6-13(10)15/h5-8H,3-4,9H2,1-2H3. The van der Waals surface area contributed by atoms with E-state index >= 15 is 0 Å². The van der Waals surface area contributed by atoms with Crippen molar-refractivity contribution in [3.05, 3.63) is 34.4 Å². The summed E-state index contributed by atoms with van der Waals surface area (Å²) in [4.78, 5) is 0. The number of halogens is 1. The second-order valence-electron chi connectivity index (χ2n) is 3.72. The maximum atomic E-state index is 3.53. The van der Waals surface area contributed by atoms with Crippen molar-refractivity contribution in [3.63, 3.8) is 0 Å². The van der Waals surface area contributed by atoms with Crippen molar-refractivity contribution in [1.29, 1.82) is 0 Å². The fourth-order valence-electron chi connectivity index (χ4n) is 2.00. The number of aromatic nitrogens is 1. The number of nitrogens with zero attached hydrogens (tertiary/aromatic N) is 1. The van der Waals surface area contributed by atoms with Crippen molar-refractivity contribution in [1.82, 2.24) is 4.57 Å². The molecule has 2 aromatic rings. The summed E-state index contributed by atoms with van der Waals surface area (Å²) in [5, 5.41) is 1.34. The van der Waals surface area contributed by atoms with Crippen LogP contribution in [0.4, 0.5) is 0 Å². The Kier molecular flexibility index (Phi) is 3.98. The zero-order chi connectivity index (χ0) is 11.5. The predicted octanol–water partition coefficient (Wildman–Crippen LogP) is 4.68. The van der Waals surface area contributed by atoms with E-state index in [1.807, 2.05) is 11.8 Å². The summed E-state index contributed by atoms with van der Waals surface area (Å²) < 4.78 is 3.56. The molecule has 1 heterocycles. The van der Waals surface area contributed by atoms with Crippen LogP contribution in [0.2, 0.25) is 0 Å². The number of thioether (sulfide) groups is 1. The van der Waals surface area contributed by atoms with E-state index < -0.39 is 0 Å². The Labute approximate surface area is 109 Å². The average molecular weight is 298 g/mol. The van der Waals surface area contributed by atoms with Crippen LogP contribution in [0.25, 0.3) is 10.9 Å². The van der Waals surface area contributed by atoms with E-state index in [0.717, 1.165) is 16.8 Å². The van der Waals surface area contributed by atoms with E-state index in [1.54, 1.807) is 0 Å². The van der Waals surface area contributed by atoms with Gasteiger partial charge in [0.05, 0.1) is 0 Å². The molecule has 0 aliphatic rings. The number of hydrogen-bond donors (Lipinski definition) is 0. The zero-order valence-corrected chi connectivity index (χ0v) is 12.1. The highest BCUT2D eigenvalue weighted by molar-refractivity contribution is 9.10. The monoisotopic (exact) mass is 297 g/mol. The fourth-order valence-corrected chi connectivity index (χ4v) is 3.03. The molecule has 0 saturated heterocycles. The topological polar surface area (TPSA) is 4.93 Å². The van der Waals surface area contributed by atoms with Crippen molar-refractivity contribution >= 4 is 38.6 Å². The second-order valence-corrected chi connectivity index (χ2v) is 5.91. The Bertz CT molecular complexity index is 490. The Balaban J connectivity index is 2.48. The maximum absolute atomic E-state index is 3.53. The van der Waals surface area contributed by atoms with Crippen molar-refractivity contribution in [2.75, 3.05) is 5.75 Å². The van der Waals surface area contributed by atoms with E-state index in [1.165, 1.54) is 22.3 Å². The summed E-state index contributed by atoms with van der Waals surface area (Å²) >= 11 is 5.50. The minimum Gasteiger partial charge on any atom is -0.344 e. The minimum atomic E-state index is 1.05. The fraction of sp³-hybridized carbons (Fsp3) is 0.385. The Morgan fingerprint density at radius 2 is 2.06 bits per heavy atom. The molecule has 16 heavy (non-hydrogen) atoms. The van der Waals surface area contributed by atoms with Gasteiger partial charge in [0.25, 0.3) is 0 Å². The van der Waals surface area contributed by atoms with Crippen LogP contribution in [0.1, 0.15) is 19.5 Å². The first-order valence-electron chi connectivity index (χ1n) is 5.61. The van der Waals surface area contributed by atoms with Gasteiger partial charge in [0.15, 0.2) is 0 Å². The summed E-state index contributed by atoms with van der Waals surface area (Å²) in [6, 6.07) is 8.82. The van der Waals surface area contributed by atoms with Gasteiger partial charge in [-0.05, 0) is 36.9 Å². The predicted molar refractivity (Wildman–Crippen MR) is 77.1 cm³/mol. The molecule has 0 spiro atoms. The second kappa shape index (κ2) is 5.28. The van der Waals surface area contributed by atoms with Crippen LogP contribution >= 0.6 is 27.7 Å². The lowest BCUT2D eigenvalue weighted by molar-refractivity contribution is 0.765. The lowest BCUT2D eigenvalue weighted by Gasteiger charge is -2.06. The van der Waals surface area contributed by atoms with Crippen LogP contribution < -0.4 is 0 Å². The van der Waals surface area contributed by atoms with Gasteiger partial charge in [-0.1, -0.05) is 22.9 Å². The molecule has 0 radical (unpaired) electrons. The molecule has 1 nitrogen and oxygen atoms in total. The van der Waals surface area contributed by atoms with Gasteiger partial charge >= 0.3 is 0 Å². The van der Waals surface area contributed by atoms with E-state index in [9.17, 15) is 0 Å². The number of rotatable bonds is 4. The molecule has 0 unspecified atom stereocenters. The maximum Gasteiger partial charge on any atom is 0.0483 e. The average Bonchev–Trinajstić information content (AvgIpc) is 2.62.